The standard InChI is InChI=1S/C31H29ClN8O3S/c1-39-17-20(34-31(42)19-3-5-23-25(15-19)38-29(36-23)27-21(32)6-13-44-27)16-26(39)28-35-22-4-2-18(14-24(22)37-28)30(41)33-7-8-40-9-11-43-12-10-40/h2-6,13-17H,7-12H2,1H3,(H,33,41)(H,34,42)(H,35,37)(H,36,38). The van der Waals surface area contributed by atoms with Gasteiger partial charge in [-0.25, -0.2) is 9.97 Å². The van der Waals surface area contributed by atoms with Crippen molar-refractivity contribution in [2.24, 2.45) is 7.05 Å². The number of imidazole rings is 2. The number of nitrogens with one attached hydrogen (secondary N) is 4. The van der Waals surface area contributed by atoms with Crippen LogP contribution in [0.4, 0.5) is 5.69 Å². The summed E-state index contributed by atoms with van der Waals surface area (Å²) in [5, 5.41) is 8.53. The molecule has 11 nitrogen and oxygen atoms in total. The number of anilines is 1. The Morgan fingerprint density at radius 2 is 1.64 bits per heavy atom. The van der Waals surface area contributed by atoms with Crippen molar-refractivity contribution in [2.45, 2.75) is 0 Å². The van der Waals surface area contributed by atoms with Gasteiger partial charge in [-0.05, 0) is 53.9 Å². The summed E-state index contributed by atoms with van der Waals surface area (Å²) >= 11 is 7.78. The van der Waals surface area contributed by atoms with Gasteiger partial charge in [-0.1, -0.05) is 11.6 Å². The average molecular weight is 629 g/mol. The van der Waals surface area contributed by atoms with E-state index in [9.17, 15) is 9.59 Å². The summed E-state index contributed by atoms with van der Waals surface area (Å²) in [7, 11) is 1.89. The van der Waals surface area contributed by atoms with Crippen LogP contribution in [0.15, 0.2) is 60.1 Å². The number of thiophene rings is 1. The Hall–Kier alpha value is -4.49. The van der Waals surface area contributed by atoms with E-state index in [0.717, 1.165) is 65.5 Å². The van der Waals surface area contributed by atoms with Crippen LogP contribution in [0.3, 0.4) is 0 Å². The van der Waals surface area contributed by atoms with Gasteiger partial charge in [0.15, 0.2) is 5.82 Å². The molecule has 5 heterocycles. The predicted octanol–water partition coefficient (Wildman–Crippen LogP) is 5.14. The Balaban J connectivity index is 1.03. The van der Waals surface area contributed by atoms with E-state index in [2.05, 4.69) is 30.5 Å². The number of carbonyl (C=O) groups is 2. The van der Waals surface area contributed by atoms with Crippen molar-refractivity contribution in [1.82, 2.24) is 34.7 Å². The molecule has 0 saturated carbocycles. The van der Waals surface area contributed by atoms with E-state index in [1.54, 1.807) is 18.2 Å². The molecule has 1 fully saturated rings. The van der Waals surface area contributed by atoms with E-state index in [0.29, 0.717) is 40.0 Å². The van der Waals surface area contributed by atoms with E-state index in [1.807, 2.05) is 53.5 Å². The molecular formula is C31H29ClN8O3S. The van der Waals surface area contributed by atoms with Gasteiger partial charge >= 0.3 is 0 Å². The maximum atomic E-state index is 13.2. The summed E-state index contributed by atoms with van der Waals surface area (Å²) in [5.41, 5.74) is 5.47. The molecule has 0 atom stereocenters. The zero-order valence-electron chi connectivity index (χ0n) is 23.8. The molecular weight excluding hydrogens is 600 g/mol. The lowest BCUT2D eigenvalue weighted by molar-refractivity contribution is 0.0383. The second-order valence-electron chi connectivity index (χ2n) is 10.6. The summed E-state index contributed by atoms with van der Waals surface area (Å²) in [4.78, 5) is 45.0. The highest BCUT2D eigenvalue weighted by Gasteiger charge is 2.17. The first kappa shape index (κ1) is 28.3. The molecule has 4 aromatic heterocycles. The van der Waals surface area contributed by atoms with Crippen LogP contribution in [0.25, 0.3) is 44.3 Å². The molecule has 44 heavy (non-hydrogen) atoms. The Bertz CT molecular complexity index is 2000. The van der Waals surface area contributed by atoms with Crippen molar-refractivity contribution in [2.75, 3.05) is 44.7 Å². The molecule has 0 spiro atoms. The number of morpholine rings is 1. The first-order chi connectivity index (χ1) is 21.4. The Kier molecular flexibility index (Phi) is 7.64. The molecule has 1 aliphatic heterocycles. The number of nitrogens with zero attached hydrogens (tertiary/aromatic N) is 4. The monoisotopic (exact) mass is 628 g/mol. The molecule has 1 saturated heterocycles. The molecule has 7 rings (SSSR count). The Labute approximate surface area is 261 Å². The highest BCUT2D eigenvalue weighted by molar-refractivity contribution is 7.14. The van der Waals surface area contributed by atoms with Crippen molar-refractivity contribution in [3.05, 3.63) is 76.3 Å². The zero-order chi connectivity index (χ0) is 30.2. The number of carbonyl (C=O) groups excluding carboxylic acids is 2. The lowest BCUT2D eigenvalue weighted by atomic mass is 10.2. The average Bonchev–Trinajstić information content (AvgIpc) is 3.82. The predicted molar refractivity (Wildman–Crippen MR) is 172 cm³/mol. The van der Waals surface area contributed by atoms with Gasteiger partial charge in [-0.3, -0.25) is 14.5 Å². The largest absolute Gasteiger partial charge is 0.379 e. The lowest BCUT2D eigenvalue weighted by Gasteiger charge is -2.26. The normalized spacial score (nSPS) is 14.0. The third-order valence-corrected chi connectivity index (χ3v) is 8.99. The molecule has 2 amide bonds. The van der Waals surface area contributed by atoms with E-state index in [-0.39, 0.29) is 11.8 Å². The summed E-state index contributed by atoms with van der Waals surface area (Å²) in [6.45, 7) is 4.61. The third-order valence-electron chi connectivity index (χ3n) is 7.64. The smallest absolute Gasteiger partial charge is 0.255 e. The van der Waals surface area contributed by atoms with Crippen LogP contribution in [0.1, 0.15) is 20.7 Å². The van der Waals surface area contributed by atoms with E-state index < -0.39 is 0 Å². The number of hydrogen-bond donors (Lipinski definition) is 4. The van der Waals surface area contributed by atoms with Gasteiger partial charge in [-0.2, -0.15) is 0 Å². The number of H-pyrrole nitrogens is 2. The molecule has 2 aromatic carbocycles. The second kappa shape index (κ2) is 11.9. The van der Waals surface area contributed by atoms with Crippen LogP contribution in [0.5, 0.6) is 0 Å². The van der Waals surface area contributed by atoms with Gasteiger partial charge in [0.05, 0.1) is 56.6 Å². The van der Waals surface area contributed by atoms with Gasteiger partial charge in [-0.15, -0.1) is 11.3 Å². The number of amides is 2. The number of benzene rings is 2. The van der Waals surface area contributed by atoms with Crippen LogP contribution in [-0.4, -0.2) is 80.6 Å². The van der Waals surface area contributed by atoms with Gasteiger partial charge in [0, 0.05) is 50.6 Å². The van der Waals surface area contributed by atoms with E-state index >= 15 is 0 Å². The summed E-state index contributed by atoms with van der Waals surface area (Å²) in [5.74, 6) is 0.933. The molecule has 0 bridgehead atoms. The fourth-order valence-corrected chi connectivity index (χ4v) is 6.41. The fraction of sp³-hybridized carbons (Fsp3) is 0.226. The van der Waals surface area contributed by atoms with Crippen LogP contribution in [0, 0.1) is 0 Å². The topological polar surface area (TPSA) is 133 Å². The van der Waals surface area contributed by atoms with Crippen LogP contribution >= 0.6 is 22.9 Å². The van der Waals surface area contributed by atoms with Crippen LogP contribution in [-0.2, 0) is 11.8 Å². The van der Waals surface area contributed by atoms with Crippen LogP contribution in [0.2, 0.25) is 5.02 Å². The van der Waals surface area contributed by atoms with Crippen LogP contribution < -0.4 is 10.6 Å². The maximum absolute atomic E-state index is 13.2. The minimum Gasteiger partial charge on any atom is -0.379 e. The number of aromatic nitrogens is 5. The number of halogens is 1. The SMILES string of the molecule is Cn1cc(NC(=O)c2ccc3nc(-c4sccc4Cl)[nH]c3c2)cc1-c1nc2ccc(C(=O)NCCN3CCOCC3)cc2[nH]1. The lowest BCUT2D eigenvalue weighted by Crippen LogP contribution is -2.41. The van der Waals surface area contributed by atoms with Crippen molar-refractivity contribution in [3.63, 3.8) is 0 Å². The van der Waals surface area contributed by atoms with Crippen molar-refractivity contribution in [3.8, 4) is 22.2 Å². The molecule has 4 N–H and O–H groups in total. The Morgan fingerprint density at radius 3 is 2.34 bits per heavy atom. The molecule has 0 aliphatic carbocycles. The molecule has 224 valence electrons. The minimum atomic E-state index is -0.247. The zero-order valence-corrected chi connectivity index (χ0v) is 25.4. The molecule has 0 radical (unpaired) electrons. The van der Waals surface area contributed by atoms with Gasteiger partial charge < -0.3 is 29.9 Å². The number of hydrogen-bond acceptors (Lipinski definition) is 7. The van der Waals surface area contributed by atoms with Gasteiger partial charge in [0.2, 0.25) is 0 Å². The number of aryl methyl sites for hydroxylation is 1. The summed E-state index contributed by atoms with van der Waals surface area (Å²) < 4.78 is 7.27. The van der Waals surface area contributed by atoms with E-state index in [1.165, 1.54) is 11.3 Å². The van der Waals surface area contributed by atoms with Gasteiger partial charge in [0.1, 0.15) is 5.82 Å². The van der Waals surface area contributed by atoms with Crippen molar-refractivity contribution >= 4 is 62.5 Å². The highest BCUT2D eigenvalue weighted by atomic mass is 35.5. The minimum absolute atomic E-state index is 0.125. The third kappa shape index (κ3) is 5.72. The molecule has 6 aromatic rings. The number of ether oxygens (including phenoxy) is 1. The molecule has 0 unspecified atom stereocenters. The maximum Gasteiger partial charge on any atom is 0.255 e. The van der Waals surface area contributed by atoms with Crippen molar-refractivity contribution in [1.29, 1.82) is 0 Å². The summed E-state index contributed by atoms with van der Waals surface area (Å²) in [6.07, 6.45) is 1.83. The first-order valence-electron chi connectivity index (χ1n) is 14.2. The highest BCUT2D eigenvalue weighted by Crippen LogP contribution is 2.33. The molecule has 13 heteroatoms. The van der Waals surface area contributed by atoms with Crippen molar-refractivity contribution < 1.29 is 14.3 Å². The van der Waals surface area contributed by atoms with E-state index in [4.69, 9.17) is 21.3 Å². The van der Waals surface area contributed by atoms with Gasteiger partial charge in [0.25, 0.3) is 11.8 Å². The Morgan fingerprint density at radius 1 is 0.955 bits per heavy atom. The first-order valence-corrected chi connectivity index (χ1v) is 15.5. The quantitative estimate of drug-likeness (QED) is 0.184. The summed E-state index contributed by atoms with van der Waals surface area (Å²) in [6, 6.07) is 14.5. The molecule has 1 aliphatic rings. The number of fused-ring (bicyclic) bond motifs is 2. The number of rotatable bonds is 8. The fourth-order valence-electron chi connectivity index (χ4n) is 5.32. The second-order valence-corrected chi connectivity index (χ2v) is 11.9. The number of aromatic amines is 2.